The van der Waals surface area contributed by atoms with Gasteiger partial charge in [-0.1, -0.05) is 6.92 Å². The Morgan fingerprint density at radius 3 is 2.50 bits per heavy atom. The molecule has 2 nitrogen and oxygen atoms in total. The summed E-state index contributed by atoms with van der Waals surface area (Å²) < 4.78 is 41.5. The molecule has 5 heteroatoms. The summed E-state index contributed by atoms with van der Waals surface area (Å²) in [4.78, 5) is 0. The highest BCUT2D eigenvalue weighted by atomic mass is 19.3. The van der Waals surface area contributed by atoms with Crippen molar-refractivity contribution in [2.24, 2.45) is 5.41 Å². The molecule has 0 spiro atoms. The second kappa shape index (κ2) is 4.71. The lowest BCUT2D eigenvalue weighted by atomic mass is 10.0. The van der Waals surface area contributed by atoms with E-state index in [4.69, 9.17) is 0 Å². The third-order valence-electron chi connectivity index (χ3n) is 3.62. The van der Waals surface area contributed by atoms with Crippen molar-refractivity contribution in [2.45, 2.75) is 39.3 Å². The number of alkyl halides is 2. The standard InChI is InChI=1S/C13H16F3NO/c1-8(13(2)5-6-13)17-9-3-4-11(10(14)7-9)18-12(15)16/h3-4,7-8,12,17H,5-6H2,1-2H3. The molecule has 1 aliphatic rings. The minimum atomic E-state index is -3.01. The Hall–Kier alpha value is -1.39. The molecule has 1 aliphatic carbocycles. The first-order chi connectivity index (χ1) is 8.40. The highest BCUT2D eigenvalue weighted by Crippen LogP contribution is 2.48. The molecule has 0 bridgehead atoms. The summed E-state index contributed by atoms with van der Waals surface area (Å²) in [5.74, 6) is -1.21. The van der Waals surface area contributed by atoms with Gasteiger partial charge in [0.25, 0.3) is 0 Å². The molecule has 1 saturated carbocycles. The van der Waals surface area contributed by atoms with Gasteiger partial charge in [0.15, 0.2) is 11.6 Å². The lowest BCUT2D eigenvalue weighted by Crippen LogP contribution is -2.24. The first kappa shape index (κ1) is 13.1. The zero-order valence-electron chi connectivity index (χ0n) is 10.3. The van der Waals surface area contributed by atoms with Crippen molar-refractivity contribution >= 4 is 5.69 Å². The van der Waals surface area contributed by atoms with Crippen molar-refractivity contribution in [3.8, 4) is 5.75 Å². The topological polar surface area (TPSA) is 21.3 Å². The normalized spacial score (nSPS) is 18.6. The van der Waals surface area contributed by atoms with Crippen molar-refractivity contribution in [2.75, 3.05) is 5.32 Å². The Morgan fingerprint density at radius 2 is 2.00 bits per heavy atom. The van der Waals surface area contributed by atoms with Crippen LogP contribution >= 0.6 is 0 Å². The van der Waals surface area contributed by atoms with Gasteiger partial charge in [0, 0.05) is 17.8 Å². The van der Waals surface area contributed by atoms with Crippen molar-refractivity contribution in [1.29, 1.82) is 0 Å². The highest BCUT2D eigenvalue weighted by molar-refractivity contribution is 5.48. The Morgan fingerprint density at radius 1 is 1.33 bits per heavy atom. The Kier molecular flexibility index (Phi) is 3.41. The smallest absolute Gasteiger partial charge is 0.387 e. The molecule has 0 radical (unpaired) electrons. The van der Waals surface area contributed by atoms with E-state index in [9.17, 15) is 13.2 Å². The number of ether oxygens (including phenoxy) is 1. The van der Waals surface area contributed by atoms with Crippen LogP contribution in [0.1, 0.15) is 26.7 Å². The fourth-order valence-electron chi connectivity index (χ4n) is 1.84. The van der Waals surface area contributed by atoms with Crippen molar-refractivity contribution in [3.05, 3.63) is 24.0 Å². The zero-order valence-corrected chi connectivity index (χ0v) is 10.3. The van der Waals surface area contributed by atoms with Gasteiger partial charge in [0.1, 0.15) is 0 Å². The zero-order chi connectivity index (χ0) is 13.3. The van der Waals surface area contributed by atoms with E-state index in [-0.39, 0.29) is 11.5 Å². The number of hydrogen-bond donors (Lipinski definition) is 1. The van der Waals surface area contributed by atoms with E-state index in [1.54, 1.807) is 6.07 Å². The maximum absolute atomic E-state index is 13.5. The van der Waals surface area contributed by atoms with Crippen molar-refractivity contribution in [1.82, 2.24) is 0 Å². The van der Waals surface area contributed by atoms with Gasteiger partial charge in [0.2, 0.25) is 0 Å². The lowest BCUT2D eigenvalue weighted by Gasteiger charge is -2.21. The third-order valence-corrected chi connectivity index (χ3v) is 3.62. The molecule has 2 rings (SSSR count). The molecule has 0 aromatic heterocycles. The third kappa shape index (κ3) is 2.89. The largest absolute Gasteiger partial charge is 0.432 e. The SMILES string of the molecule is CC(Nc1ccc(OC(F)F)c(F)c1)C1(C)CC1. The molecule has 1 aromatic rings. The first-order valence-electron chi connectivity index (χ1n) is 5.92. The summed E-state index contributed by atoms with van der Waals surface area (Å²) >= 11 is 0. The van der Waals surface area contributed by atoms with E-state index < -0.39 is 18.2 Å². The maximum Gasteiger partial charge on any atom is 0.387 e. The van der Waals surface area contributed by atoms with Crippen LogP contribution in [0.2, 0.25) is 0 Å². The second-order valence-electron chi connectivity index (χ2n) is 5.04. The molecule has 1 aromatic carbocycles. The molecule has 0 aliphatic heterocycles. The van der Waals surface area contributed by atoms with Crippen LogP contribution < -0.4 is 10.1 Å². The monoisotopic (exact) mass is 259 g/mol. The molecular weight excluding hydrogens is 243 g/mol. The van der Waals surface area contributed by atoms with Gasteiger partial charge >= 0.3 is 6.61 Å². The number of anilines is 1. The van der Waals surface area contributed by atoms with E-state index >= 15 is 0 Å². The van der Waals surface area contributed by atoms with Gasteiger partial charge < -0.3 is 10.1 Å². The molecular formula is C13H16F3NO. The van der Waals surface area contributed by atoms with Crippen LogP contribution in [0, 0.1) is 11.2 Å². The summed E-state index contributed by atoms with van der Waals surface area (Å²) in [5.41, 5.74) is 0.837. The molecule has 0 saturated heterocycles. The summed E-state index contributed by atoms with van der Waals surface area (Å²) in [7, 11) is 0. The fraction of sp³-hybridized carbons (Fsp3) is 0.538. The van der Waals surface area contributed by atoms with Crippen LogP contribution in [0.4, 0.5) is 18.9 Å². The van der Waals surface area contributed by atoms with Crippen LogP contribution in [-0.2, 0) is 0 Å². The second-order valence-corrected chi connectivity index (χ2v) is 5.04. The number of rotatable bonds is 5. The van der Waals surface area contributed by atoms with Crippen LogP contribution in [0.25, 0.3) is 0 Å². The number of hydrogen-bond acceptors (Lipinski definition) is 2. The van der Waals surface area contributed by atoms with Crippen LogP contribution in [0.5, 0.6) is 5.75 Å². The lowest BCUT2D eigenvalue weighted by molar-refractivity contribution is -0.0521. The van der Waals surface area contributed by atoms with Gasteiger partial charge in [-0.2, -0.15) is 8.78 Å². The predicted octanol–water partition coefficient (Wildman–Crippen LogP) is 4.03. The molecule has 0 amide bonds. The van der Waals surface area contributed by atoms with E-state index in [1.165, 1.54) is 12.1 Å². The van der Waals surface area contributed by atoms with Crippen LogP contribution in [0.3, 0.4) is 0 Å². The number of halogens is 3. The average Bonchev–Trinajstić information content (AvgIpc) is 3.01. The predicted molar refractivity (Wildman–Crippen MR) is 63.5 cm³/mol. The number of benzene rings is 1. The van der Waals surface area contributed by atoms with Crippen LogP contribution in [-0.4, -0.2) is 12.7 Å². The molecule has 18 heavy (non-hydrogen) atoms. The van der Waals surface area contributed by atoms with Gasteiger partial charge in [-0.3, -0.25) is 0 Å². The molecule has 1 atom stereocenters. The Balaban J connectivity index is 2.04. The molecule has 1 unspecified atom stereocenters. The summed E-state index contributed by atoms with van der Waals surface area (Å²) in [5, 5.41) is 3.18. The highest BCUT2D eigenvalue weighted by Gasteiger charge is 2.42. The average molecular weight is 259 g/mol. The number of nitrogens with one attached hydrogen (secondary N) is 1. The van der Waals surface area contributed by atoms with Crippen molar-refractivity contribution in [3.63, 3.8) is 0 Å². The van der Waals surface area contributed by atoms with E-state index in [0.717, 1.165) is 12.8 Å². The van der Waals surface area contributed by atoms with E-state index in [0.29, 0.717) is 5.69 Å². The quantitative estimate of drug-likeness (QED) is 0.862. The van der Waals surface area contributed by atoms with E-state index in [2.05, 4.69) is 17.0 Å². The summed E-state index contributed by atoms with van der Waals surface area (Å²) in [6.07, 6.45) is 2.30. The fourth-order valence-corrected chi connectivity index (χ4v) is 1.84. The van der Waals surface area contributed by atoms with E-state index in [1.807, 2.05) is 6.92 Å². The minimum Gasteiger partial charge on any atom is -0.432 e. The molecule has 100 valence electrons. The summed E-state index contributed by atoms with van der Waals surface area (Å²) in [6, 6.07) is 4.16. The molecule has 1 N–H and O–H groups in total. The first-order valence-corrected chi connectivity index (χ1v) is 5.92. The van der Waals surface area contributed by atoms with Gasteiger partial charge in [-0.15, -0.1) is 0 Å². The van der Waals surface area contributed by atoms with Gasteiger partial charge in [-0.05, 0) is 37.3 Å². The summed E-state index contributed by atoms with van der Waals surface area (Å²) in [6.45, 7) is 1.19. The van der Waals surface area contributed by atoms with Gasteiger partial charge in [0.05, 0.1) is 0 Å². The minimum absolute atomic E-state index is 0.221. The van der Waals surface area contributed by atoms with Gasteiger partial charge in [-0.25, -0.2) is 4.39 Å². The Labute approximate surface area is 104 Å². The molecule has 0 heterocycles. The maximum atomic E-state index is 13.5. The molecule has 1 fully saturated rings. The van der Waals surface area contributed by atoms with Crippen molar-refractivity contribution < 1.29 is 17.9 Å². The van der Waals surface area contributed by atoms with Crippen LogP contribution in [0.15, 0.2) is 18.2 Å². The Bertz CT molecular complexity index is 432.